The van der Waals surface area contributed by atoms with Crippen molar-refractivity contribution in [2.24, 2.45) is 0 Å². The van der Waals surface area contributed by atoms with Gasteiger partial charge >= 0.3 is 11.7 Å². The van der Waals surface area contributed by atoms with Crippen molar-refractivity contribution in [1.82, 2.24) is 4.98 Å². The molecule has 0 aliphatic heterocycles. The number of esters is 1. The predicted molar refractivity (Wildman–Crippen MR) is 181 cm³/mol. The van der Waals surface area contributed by atoms with Gasteiger partial charge in [-0.1, -0.05) is 41.9 Å². The molecule has 0 fully saturated rings. The van der Waals surface area contributed by atoms with Crippen molar-refractivity contribution in [3.05, 3.63) is 177 Å². The molecular weight excluding hydrogens is 959 g/mol. The van der Waals surface area contributed by atoms with Gasteiger partial charge in [0.05, 0.1) is 6.20 Å². The molecule has 1 heterocycles. The molecule has 0 bridgehead atoms. The summed E-state index contributed by atoms with van der Waals surface area (Å²) in [5.74, 6) is -72.1. The lowest BCUT2D eigenvalue weighted by molar-refractivity contribution is -0.686. The van der Waals surface area contributed by atoms with Crippen LogP contribution in [0.4, 0.5) is 87.8 Å². The Morgan fingerprint density at radius 2 is 0.769 bits per heavy atom. The Kier molecular flexibility index (Phi) is 14.2. The highest BCUT2D eigenvalue weighted by Gasteiger charge is 2.52. The summed E-state index contributed by atoms with van der Waals surface area (Å²) in [5, 5.41) is 0. The van der Waals surface area contributed by atoms with Gasteiger partial charge in [0.15, 0.2) is 82.1 Å². The lowest BCUT2D eigenvalue weighted by Crippen LogP contribution is -2.81. The summed E-state index contributed by atoms with van der Waals surface area (Å²) >= 11 is 5.36. The summed E-state index contributed by atoms with van der Waals surface area (Å²) in [5.41, 5.74) is -13.6. The maximum absolute atomic E-state index is 15.4. The molecule has 6 rings (SSSR count). The number of halogens is 21. The van der Waals surface area contributed by atoms with Gasteiger partial charge in [-0.3, -0.25) is 9.78 Å². The summed E-state index contributed by atoms with van der Waals surface area (Å²) in [6.07, 6.45) is -2.83. The second kappa shape index (κ2) is 18.8. The summed E-state index contributed by atoms with van der Waals surface area (Å²) in [6.45, 7) is 0.0270. The van der Waals surface area contributed by atoms with Crippen molar-refractivity contribution in [1.29, 1.82) is 0 Å². The number of benzene rings is 5. The molecule has 0 amide bonds. The van der Waals surface area contributed by atoms with Crippen molar-refractivity contribution in [3.63, 3.8) is 0 Å². The SMILES string of the molecule is Fc1c(F)c(F)c([B-](c2c(F)c(F)c(F)c(F)c2F)(c2c(F)c(F)c(F)c(F)c2F)c2c(F)c(F)c(F)c(F)c2F)c(F)c1F.O=C(C[n+]1ccncc1C(=O)OCCl)c1ccccc1. The lowest BCUT2D eigenvalue weighted by atomic mass is 9.12. The molecule has 0 aliphatic carbocycles. The Morgan fingerprint density at radius 3 is 1.06 bits per heavy atom. The molecule has 27 heteroatoms. The quantitative estimate of drug-likeness (QED) is 0.0221. The Bertz CT molecular complexity index is 2550. The number of hydrogen-bond donors (Lipinski definition) is 0. The van der Waals surface area contributed by atoms with Crippen molar-refractivity contribution < 1.29 is 107 Å². The first kappa shape index (κ1) is 49.3. The highest BCUT2D eigenvalue weighted by Crippen LogP contribution is 2.30. The van der Waals surface area contributed by atoms with Gasteiger partial charge in [0, 0.05) is 5.56 Å². The van der Waals surface area contributed by atoms with Crippen molar-refractivity contribution in [3.8, 4) is 0 Å². The molecule has 6 aromatic rings. The fourth-order valence-corrected chi connectivity index (χ4v) is 6.66. The van der Waals surface area contributed by atoms with E-state index in [0.29, 0.717) is 5.56 Å². The van der Waals surface area contributed by atoms with Gasteiger partial charge in [-0.15, -0.1) is 21.9 Å². The summed E-state index contributed by atoms with van der Waals surface area (Å²) in [7, 11) is 0. The molecule has 342 valence electrons. The Balaban J connectivity index is 0.000000330. The van der Waals surface area contributed by atoms with Crippen LogP contribution in [0.15, 0.2) is 48.9 Å². The highest BCUT2D eigenvalue weighted by molar-refractivity contribution is 7.20. The van der Waals surface area contributed by atoms with Gasteiger partial charge in [0.25, 0.3) is 0 Å². The second-order valence-electron chi connectivity index (χ2n) is 12.7. The minimum Gasteiger partial charge on any atom is -0.441 e. The molecule has 0 unspecified atom stereocenters. The van der Waals surface area contributed by atoms with Crippen molar-refractivity contribution in [2.45, 2.75) is 6.54 Å². The summed E-state index contributed by atoms with van der Waals surface area (Å²) < 4.78 is 300. The number of hydrogen-bond acceptors (Lipinski definition) is 4. The van der Waals surface area contributed by atoms with E-state index in [1.54, 1.807) is 30.5 Å². The number of ether oxygens (including phenoxy) is 1. The maximum atomic E-state index is 15.4. The molecule has 65 heavy (non-hydrogen) atoms. The van der Waals surface area contributed by atoms with E-state index in [1.807, 2.05) is 6.07 Å². The van der Waals surface area contributed by atoms with E-state index in [0.717, 1.165) is 0 Å². The molecule has 0 N–H and O–H groups in total. The molecule has 1 aromatic heterocycles. The zero-order chi connectivity index (χ0) is 48.7. The number of carbonyl (C=O) groups is 2. The average Bonchev–Trinajstić information content (AvgIpc) is 3.29. The molecule has 0 spiro atoms. The molecule has 5 nitrogen and oxygen atoms in total. The van der Waals surface area contributed by atoms with E-state index >= 15 is 35.1 Å². The van der Waals surface area contributed by atoms with E-state index in [-0.39, 0.29) is 24.1 Å². The number of carbonyl (C=O) groups excluding carboxylic acids is 2. The number of nitrogens with zero attached hydrogens (tertiary/aromatic N) is 2. The van der Waals surface area contributed by atoms with Gasteiger partial charge in [-0.25, -0.2) is 92.6 Å². The fraction of sp³-hybridized carbons (Fsp3) is 0.0526. The predicted octanol–water partition coefficient (Wildman–Crippen LogP) is 7.45. The minimum atomic E-state index is -7.22. The maximum Gasteiger partial charge on any atom is 0.406 e. The van der Waals surface area contributed by atoms with Crippen LogP contribution >= 0.6 is 11.6 Å². The zero-order valence-electron chi connectivity index (χ0n) is 30.7. The molecular formula is C38H12BClF20N2O3. The van der Waals surface area contributed by atoms with E-state index in [9.17, 15) is 62.3 Å². The van der Waals surface area contributed by atoms with Crippen LogP contribution in [0.5, 0.6) is 0 Å². The highest BCUT2D eigenvalue weighted by atomic mass is 35.5. The van der Waals surface area contributed by atoms with Gasteiger partial charge < -0.3 is 4.74 Å². The smallest absolute Gasteiger partial charge is 0.406 e. The van der Waals surface area contributed by atoms with E-state index < -0.39 is 150 Å². The third-order valence-electron chi connectivity index (χ3n) is 9.35. The standard InChI is InChI=1S/C24BF20.C14H12ClN2O3/c26-5-1(6(27)14(35)21(42)13(5)34)25(2-7(28)15(36)22(43)16(37)8(2)29,3-9(30)17(38)23(44)18(39)10(3)31)4-11(32)19(40)24(45)20(41)12(4)33;15-10-20-14(19)12-8-16-6-7-17(12)9-13(18)11-4-2-1-3-5-11/h;1-8H,9-10H2/q-1;+1. The van der Waals surface area contributed by atoms with E-state index in [2.05, 4.69) is 4.98 Å². The third-order valence-corrected chi connectivity index (χ3v) is 9.46. The van der Waals surface area contributed by atoms with Gasteiger partial charge in [0.2, 0.25) is 12.3 Å². The minimum absolute atomic E-state index is 0.0270. The average molecular weight is 971 g/mol. The molecule has 0 saturated carbocycles. The number of alkyl halides is 1. The second-order valence-corrected chi connectivity index (χ2v) is 12.9. The van der Waals surface area contributed by atoms with Crippen LogP contribution in [0.2, 0.25) is 0 Å². The normalized spacial score (nSPS) is 11.4. The number of Topliss-reactive ketones (excluding diaryl/α,β-unsaturated/α-hetero) is 1. The number of ketones is 1. The van der Waals surface area contributed by atoms with Gasteiger partial charge in [0.1, 0.15) is 58.9 Å². The Labute approximate surface area is 352 Å². The first-order valence-corrected chi connectivity index (χ1v) is 17.3. The first-order valence-electron chi connectivity index (χ1n) is 16.8. The molecule has 0 aliphatic rings. The Morgan fingerprint density at radius 1 is 0.477 bits per heavy atom. The topological polar surface area (TPSA) is 60.1 Å². The van der Waals surface area contributed by atoms with Gasteiger partial charge in [-0.2, -0.15) is 4.57 Å². The monoisotopic (exact) mass is 970 g/mol. The van der Waals surface area contributed by atoms with Crippen molar-refractivity contribution >= 4 is 51.4 Å². The lowest BCUT2D eigenvalue weighted by Gasteiger charge is -2.44. The van der Waals surface area contributed by atoms with Crippen LogP contribution in [0, 0.1) is 116 Å². The van der Waals surface area contributed by atoms with Crippen LogP contribution in [0.25, 0.3) is 0 Å². The molecule has 0 radical (unpaired) electrons. The van der Waals surface area contributed by atoms with Crippen LogP contribution in [0.3, 0.4) is 0 Å². The van der Waals surface area contributed by atoms with E-state index in [1.165, 1.54) is 17.0 Å². The largest absolute Gasteiger partial charge is 0.441 e. The molecule has 0 atom stereocenters. The molecule has 0 saturated heterocycles. The van der Waals surface area contributed by atoms with Crippen LogP contribution in [-0.4, -0.2) is 28.9 Å². The fourth-order valence-electron chi connectivity index (χ4n) is 6.56. The first-order chi connectivity index (χ1) is 30.4. The van der Waals surface area contributed by atoms with Crippen LogP contribution in [-0.2, 0) is 11.3 Å². The van der Waals surface area contributed by atoms with Crippen LogP contribution in [0.1, 0.15) is 20.8 Å². The number of aromatic nitrogens is 2. The van der Waals surface area contributed by atoms with Gasteiger partial charge in [-0.05, 0) is 0 Å². The Hall–Kier alpha value is -6.73. The summed E-state index contributed by atoms with van der Waals surface area (Å²) in [4.78, 5) is 27.7. The van der Waals surface area contributed by atoms with E-state index in [4.69, 9.17) is 16.3 Å². The number of rotatable bonds is 9. The van der Waals surface area contributed by atoms with Crippen molar-refractivity contribution in [2.75, 3.05) is 6.07 Å². The zero-order valence-corrected chi connectivity index (χ0v) is 31.4. The van der Waals surface area contributed by atoms with Crippen LogP contribution < -0.4 is 26.4 Å². The summed E-state index contributed by atoms with van der Waals surface area (Å²) in [6, 6.07) is 8.60. The third kappa shape index (κ3) is 8.07. The molecule has 5 aromatic carbocycles.